The lowest BCUT2D eigenvalue weighted by molar-refractivity contribution is 0.213. The lowest BCUT2D eigenvalue weighted by atomic mass is 10.1. The van der Waals surface area contributed by atoms with Crippen LogP contribution in [0.3, 0.4) is 0 Å². The first kappa shape index (κ1) is 12.5. The van der Waals surface area contributed by atoms with Crippen LogP contribution in [0.1, 0.15) is 16.8 Å². The summed E-state index contributed by atoms with van der Waals surface area (Å²) in [6, 6.07) is 6.16. The Hall–Kier alpha value is -2.50. The molecule has 0 saturated heterocycles. The Kier molecular flexibility index (Phi) is 3.28. The second-order valence-electron chi connectivity index (χ2n) is 4.75. The fraction of sp³-hybridized carbons (Fsp3) is 0.286. The zero-order valence-corrected chi connectivity index (χ0v) is 11.3. The quantitative estimate of drug-likeness (QED) is 0.498. The second kappa shape index (κ2) is 5.24. The number of hydrogen-bond donors (Lipinski definition) is 2. The number of fused-ring (bicyclic) bond motifs is 1. The van der Waals surface area contributed by atoms with E-state index in [9.17, 15) is 0 Å². The van der Waals surface area contributed by atoms with E-state index in [0.29, 0.717) is 5.84 Å². The van der Waals surface area contributed by atoms with Gasteiger partial charge in [0, 0.05) is 24.0 Å². The van der Waals surface area contributed by atoms with E-state index in [1.165, 1.54) is 18.4 Å². The van der Waals surface area contributed by atoms with E-state index < -0.39 is 0 Å². The first-order valence-electron chi connectivity index (χ1n) is 6.50. The van der Waals surface area contributed by atoms with Crippen LogP contribution in [0, 0.1) is 0 Å². The monoisotopic (exact) mass is 271 g/mol. The highest BCUT2D eigenvalue weighted by Crippen LogP contribution is 2.30. The van der Waals surface area contributed by atoms with Crippen LogP contribution in [0.5, 0.6) is 0 Å². The molecule has 0 radical (unpaired) electrons. The van der Waals surface area contributed by atoms with Gasteiger partial charge in [0.2, 0.25) is 0 Å². The molecule has 20 heavy (non-hydrogen) atoms. The summed E-state index contributed by atoms with van der Waals surface area (Å²) in [5.41, 5.74) is 10.4. The molecule has 1 aromatic carbocycles. The van der Waals surface area contributed by atoms with Crippen molar-refractivity contribution in [3.63, 3.8) is 0 Å². The number of benzene rings is 1. The third-order valence-electron chi connectivity index (χ3n) is 3.48. The van der Waals surface area contributed by atoms with E-state index in [1.54, 1.807) is 6.33 Å². The first-order chi connectivity index (χ1) is 9.78. The fourth-order valence-corrected chi connectivity index (χ4v) is 2.50. The van der Waals surface area contributed by atoms with Gasteiger partial charge in [-0.1, -0.05) is 17.3 Å². The van der Waals surface area contributed by atoms with Crippen LogP contribution in [0.2, 0.25) is 0 Å². The summed E-state index contributed by atoms with van der Waals surface area (Å²) in [6.07, 6.45) is 4.60. The number of hydrogen-bond acceptors (Lipinski definition) is 4. The van der Waals surface area contributed by atoms with Crippen LogP contribution >= 0.6 is 0 Å². The number of aromatic amines is 1. The van der Waals surface area contributed by atoms with Gasteiger partial charge in [0.1, 0.15) is 7.11 Å². The van der Waals surface area contributed by atoms with E-state index in [2.05, 4.69) is 32.2 Å². The highest BCUT2D eigenvalue weighted by Gasteiger charge is 2.20. The molecule has 6 nitrogen and oxygen atoms in total. The molecule has 0 saturated carbocycles. The van der Waals surface area contributed by atoms with Crippen LogP contribution in [-0.2, 0) is 17.8 Å². The Labute approximate surface area is 117 Å². The first-order valence-corrected chi connectivity index (χ1v) is 6.50. The number of anilines is 1. The molecular weight excluding hydrogens is 254 g/mol. The van der Waals surface area contributed by atoms with E-state index in [1.807, 2.05) is 12.3 Å². The summed E-state index contributed by atoms with van der Waals surface area (Å²) in [5.74, 6) is 0.392. The van der Waals surface area contributed by atoms with Gasteiger partial charge in [-0.15, -0.1) is 0 Å². The van der Waals surface area contributed by atoms with Crippen molar-refractivity contribution in [1.82, 2.24) is 9.97 Å². The number of imidazole rings is 1. The number of nitrogens with one attached hydrogen (secondary N) is 1. The smallest absolute Gasteiger partial charge is 0.170 e. The van der Waals surface area contributed by atoms with Crippen molar-refractivity contribution < 1.29 is 4.84 Å². The van der Waals surface area contributed by atoms with Gasteiger partial charge in [-0.05, 0) is 18.1 Å². The number of aromatic nitrogens is 2. The average molecular weight is 271 g/mol. The minimum Gasteiger partial charge on any atom is -0.397 e. The van der Waals surface area contributed by atoms with E-state index >= 15 is 0 Å². The zero-order valence-electron chi connectivity index (χ0n) is 11.3. The van der Waals surface area contributed by atoms with E-state index in [-0.39, 0.29) is 0 Å². The largest absolute Gasteiger partial charge is 0.397 e. The number of nitrogens with zero attached hydrogens (tertiary/aromatic N) is 3. The molecule has 1 aliphatic rings. The van der Waals surface area contributed by atoms with Gasteiger partial charge in [0.05, 0.1) is 18.6 Å². The van der Waals surface area contributed by atoms with Crippen LogP contribution in [0.4, 0.5) is 5.69 Å². The summed E-state index contributed by atoms with van der Waals surface area (Å²) in [7, 11) is 1.49. The van der Waals surface area contributed by atoms with E-state index in [0.717, 1.165) is 30.8 Å². The molecule has 3 N–H and O–H groups in total. The van der Waals surface area contributed by atoms with Gasteiger partial charge in [-0.25, -0.2) is 4.98 Å². The minimum absolute atomic E-state index is 0.392. The standard InChI is InChI=1S/C14H17N5O/c1-20-18-14(15)11-3-2-10-4-5-19(13(10)6-11)8-12-7-16-9-17-12/h2-3,6-7,9H,4-5,8H2,1H3,(H2,15,18)(H,16,17). The summed E-state index contributed by atoms with van der Waals surface area (Å²) in [5, 5.41) is 3.78. The van der Waals surface area contributed by atoms with Crippen molar-refractivity contribution >= 4 is 11.5 Å². The molecule has 0 spiro atoms. The second-order valence-corrected chi connectivity index (χ2v) is 4.75. The molecule has 1 aromatic heterocycles. The maximum Gasteiger partial charge on any atom is 0.170 e. The Morgan fingerprint density at radius 1 is 1.55 bits per heavy atom. The molecular formula is C14H17N5O. The SMILES string of the molecule is CO/N=C(/N)c1ccc2c(c1)N(Cc1cnc[nH]1)CC2. The van der Waals surface area contributed by atoms with Crippen LogP contribution in [-0.4, -0.2) is 29.5 Å². The van der Waals surface area contributed by atoms with Crippen LogP contribution in [0.25, 0.3) is 0 Å². The Morgan fingerprint density at radius 3 is 3.20 bits per heavy atom. The molecule has 0 atom stereocenters. The number of rotatable bonds is 4. The number of nitrogens with two attached hydrogens (primary N) is 1. The number of amidine groups is 1. The topological polar surface area (TPSA) is 79.5 Å². The van der Waals surface area contributed by atoms with Gasteiger partial charge in [-0.3, -0.25) is 0 Å². The molecule has 104 valence electrons. The predicted octanol–water partition coefficient (Wildman–Crippen LogP) is 1.24. The minimum atomic E-state index is 0.392. The third kappa shape index (κ3) is 2.32. The molecule has 6 heteroatoms. The molecule has 1 aliphatic heterocycles. The van der Waals surface area contributed by atoms with Gasteiger partial charge in [0.25, 0.3) is 0 Å². The maximum atomic E-state index is 5.87. The van der Waals surface area contributed by atoms with Crippen molar-refractivity contribution in [2.45, 2.75) is 13.0 Å². The van der Waals surface area contributed by atoms with E-state index in [4.69, 9.17) is 10.6 Å². The van der Waals surface area contributed by atoms with Gasteiger partial charge in [-0.2, -0.15) is 0 Å². The molecule has 2 aromatic rings. The molecule has 0 amide bonds. The van der Waals surface area contributed by atoms with Crippen molar-refractivity contribution in [3.8, 4) is 0 Å². The molecule has 0 fully saturated rings. The Morgan fingerprint density at radius 2 is 2.45 bits per heavy atom. The average Bonchev–Trinajstić information content (AvgIpc) is 3.09. The molecule has 0 aliphatic carbocycles. The molecule has 0 bridgehead atoms. The molecule has 0 unspecified atom stereocenters. The number of oxime groups is 1. The number of H-pyrrole nitrogens is 1. The van der Waals surface area contributed by atoms with Gasteiger partial charge >= 0.3 is 0 Å². The van der Waals surface area contributed by atoms with Gasteiger partial charge in [0.15, 0.2) is 5.84 Å². The summed E-state index contributed by atoms with van der Waals surface area (Å²) in [4.78, 5) is 14.2. The van der Waals surface area contributed by atoms with Crippen molar-refractivity contribution in [3.05, 3.63) is 47.5 Å². The Balaban J connectivity index is 1.87. The predicted molar refractivity (Wildman–Crippen MR) is 77.5 cm³/mol. The summed E-state index contributed by atoms with van der Waals surface area (Å²) < 4.78 is 0. The molecule has 2 heterocycles. The fourth-order valence-electron chi connectivity index (χ4n) is 2.50. The Bertz CT molecular complexity index is 620. The summed E-state index contributed by atoms with van der Waals surface area (Å²) >= 11 is 0. The normalized spacial score (nSPS) is 14.4. The maximum absolute atomic E-state index is 5.87. The lowest BCUT2D eigenvalue weighted by Crippen LogP contribution is -2.20. The van der Waals surface area contributed by atoms with Crippen molar-refractivity contribution in [1.29, 1.82) is 0 Å². The highest BCUT2D eigenvalue weighted by atomic mass is 16.6. The van der Waals surface area contributed by atoms with Crippen LogP contribution < -0.4 is 10.6 Å². The molecule has 3 rings (SSSR count). The van der Waals surface area contributed by atoms with Crippen molar-refractivity contribution in [2.24, 2.45) is 10.9 Å². The van der Waals surface area contributed by atoms with Crippen LogP contribution in [0.15, 0.2) is 35.9 Å². The third-order valence-corrected chi connectivity index (χ3v) is 3.48. The zero-order chi connectivity index (χ0) is 13.9. The summed E-state index contributed by atoms with van der Waals surface area (Å²) in [6.45, 7) is 1.82. The highest BCUT2D eigenvalue weighted by molar-refractivity contribution is 5.98. The lowest BCUT2D eigenvalue weighted by Gasteiger charge is -2.19. The van der Waals surface area contributed by atoms with Crippen molar-refractivity contribution in [2.75, 3.05) is 18.6 Å². The van der Waals surface area contributed by atoms with Gasteiger partial charge < -0.3 is 20.5 Å².